The SMILES string of the molecule is COCOCOCOCOCOCOCCOCCN1/C(=C/C=C/C=C/C2=[N+](CCCCCC(=O)O)c3ccc4ccccc4c3C2(C)C)C(C)(C)c2c1ccc1ccccc21. The summed E-state index contributed by atoms with van der Waals surface area (Å²) in [6.45, 7) is 12.4. The zero-order valence-electron chi connectivity index (χ0n) is 36.9. The van der Waals surface area contributed by atoms with E-state index in [1.54, 1.807) is 0 Å². The molecule has 62 heavy (non-hydrogen) atoms. The lowest BCUT2D eigenvalue weighted by Crippen LogP contribution is -2.29. The molecule has 0 spiro atoms. The average Bonchev–Trinajstić information content (AvgIpc) is 3.62. The molecular formula is C50H63N2O10+. The lowest BCUT2D eigenvalue weighted by atomic mass is 9.79. The highest BCUT2D eigenvalue weighted by atomic mass is 16.8. The quantitative estimate of drug-likeness (QED) is 0.0268. The molecule has 4 aromatic carbocycles. The molecule has 0 aliphatic carbocycles. The summed E-state index contributed by atoms with van der Waals surface area (Å²) in [5.74, 6) is -0.737. The van der Waals surface area contributed by atoms with Gasteiger partial charge in [0.1, 0.15) is 20.1 Å². The van der Waals surface area contributed by atoms with E-state index in [9.17, 15) is 9.90 Å². The van der Waals surface area contributed by atoms with Crippen LogP contribution in [0.2, 0.25) is 0 Å². The number of hydrogen-bond acceptors (Lipinski definition) is 10. The first-order valence-electron chi connectivity index (χ1n) is 21.4. The van der Waals surface area contributed by atoms with Crippen molar-refractivity contribution >= 4 is 44.6 Å². The van der Waals surface area contributed by atoms with Gasteiger partial charge in [0.15, 0.2) is 32.9 Å². The molecule has 0 radical (unpaired) electrons. The fourth-order valence-electron chi connectivity index (χ4n) is 8.62. The molecule has 0 amide bonds. The molecule has 0 saturated carbocycles. The van der Waals surface area contributed by atoms with E-state index in [1.165, 1.54) is 62.6 Å². The largest absolute Gasteiger partial charge is 0.481 e. The normalized spacial score (nSPS) is 16.2. The van der Waals surface area contributed by atoms with Crippen molar-refractivity contribution in [1.29, 1.82) is 0 Å². The Morgan fingerprint density at radius 3 is 1.94 bits per heavy atom. The lowest BCUT2D eigenvalue weighted by molar-refractivity contribution is -0.438. The lowest BCUT2D eigenvalue weighted by Gasteiger charge is -2.27. The van der Waals surface area contributed by atoms with E-state index >= 15 is 0 Å². The minimum Gasteiger partial charge on any atom is -0.481 e. The number of carbonyl (C=O) groups is 1. The van der Waals surface area contributed by atoms with Gasteiger partial charge in [-0.3, -0.25) is 4.79 Å². The van der Waals surface area contributed by atoms with Gasteiger partial charge in [-0.05, 0) is 72.0 Å². The summed E-state index contributed by atoms with van der Waals surface area (Å²) in [6.07, 6.45) is 13.6. The van der Waals surface area contributed by atoms with Crippen LogP contribution in [0.15, 0.2) is 109 Å². The van der Waals surface area contributed by atoms with Gasteiger partial charge < -0.3 is 47.9 Å². The van der Waals surface area contributed by atoms with Gasteiger partial charge in [-0.1, -0.05) is 86.7 Å². The third-order valence-electron chi connectivity index (χ3n) is 11.4. The molecule has 1 N–H and O–H groups in total. The maximum Gasteiger partial charge on any atom is 0.303 e. The molecule has 6 rings (SSSR count). The van der Waals surface area contributed by atoms with Gasteiger partial charge in [0, 0.05) is 61.0 Å². The van der Waals surface area contributed by atoms with Crippen molar-refractivity contribution in [1.82, 2.24) is 0 Å². The van der Waals surface area contributed by atoms with Crippen LogP contribution in [0.4, 0.5) is 11.4 Å². The summed E-state index contributed by atoms with van der Waals surface area (Å²) < 4.78 is 44.7. The van der Waals surface area contributed by atoms with Gasteiger partial charge in [0.05, 0.1) is 25.2 Å². The van der Waals surface area contributed by atoms with Crippen LogP contribution >= 0.6 is 0 Å². The molecule has 2 heterocycles. The second kappa shape index (κ2) is 23.1. The van der Waals surface area contributed by atoms with E-state index in [0.717, 1.165) is 19.4 Å². The number of rotatable bonds is 27. The Hall–Kier alpha value is -4.76. The highest BCUT2D eigenvalue weighted by Crippen LogP contribution is 2.50. The Kier molecular flexibility index (Phi) is 17.4. The molecule has 332 valence electrons. The molecule has 12 heteroatoms. The summed E-state index contributed by atoms with van der Waals surface area (Å²) in [4.78, 5) is 13.6. The van der Waals surface area contributed by atoms with Crippen LogP contribution in [0.25, 0.3) is 21.5 Å². The number of aliphatic carboxylic acids is 1. The van der Waals surface area contributed by atoms with Gasteiger partial charge in [-0.2, -0.15) is 4.58 Å². The van der Waals surface area contributed by atoms with Crippen LogP contribution in [-0.2, 0) is 53.5 Å². The number of carboxylic acids is 1. The van der Waals surface area contributed by atoms with Crippen LogP contribution in [0.5, 0.6) is 0 Å². The molecule has 0 saturated heterocycles. The Morgan fingerprint density at radius 2 is 1.26 bits per heavy atom. The minimum atomic E-state index is -0.737. The number of nitrogens with zero attached hydrogens (tertiary/aromatic N) is 2. The van der Waals surface area contributed by atoms with Gasteiger partial charge in [-0.25, -0.2) is 0 Å². The average molecular weight is 852 g/mol. The minimum absolute atomic E-state index is 0.0200. The molecule has 4 aromatic rings. The van der Waals surface area contributed by atoms with Gasteiger partial charge in [0.25, 0.3) is 0 Å². The second-order valence-electron chi connectivity index (χ2n) is 16.3. The van der Waals surface area contributed by atoms with E-state index in [0.29, 0.717) is 32.8 Å². The second-order valence-corrected chi connectivity index (χ2v) is 16.3. The van der Waals surface area contributed by atoms with E-state index in [1.807, 2.05) is 0 Å². The number of ether oxygens (including phenoxy) is 8. The first kappa shape index (κ1) is 46.7. The topological polar surface area (TPSA) is 117 Å². The number of anilines is 1. The third-order valence-corrected chi connectivity index (χ3v) is 11.4. The van der Waals surface area contributed by atoms with Gasteiger partial charge in [-0.15, -0.1) is 0 Å². The summed E-state index contributed by atoms with van der Waals surface area (Å²) in [5, 5.41) is 14.2. The molecular weight excluding hydrogens is 789 g/mol. The Balaban J connectivity index is 1.09. The first-order valence-corrected chi connectivity index (χ1v) is 21.4. The maximum absolute atomic E-state index is 11.2. The van der Waals surface area contributed by atoms with Crippen molar-refractivity contribution in [3.05, 3.63) is 120 Å². The fourth-order valence-corrected chi connectivity index (χ4v) is 8.62. The van der Waals surface area contributed by atoms with Crippen molar-refractivity contribution < 1.29 is 52.4 Å². The highest BCUT2D eigenvalue weighted by molar-refractivity contribution is 6.07. The summed E-state index contributed by atoms with van der Waals surface area (Å²) >= 11 is 0. The zero-order valence-corrected chi connectivity index (χ0v) is 36.9. The smallest absolute Gasteiger partial charge is 0.303 e. The fraction of sp³-hybridized carbons (Fsp3) is 0.440. The highest BCUT2D eigenvalue weighted by Gasteiger charge is 2.45. The predicted octanol–water partition coefficient (Wildman–Crippen LogP) is 9.32. The molecule has 0 unspecified atom stereocenters. The number of allylic oxidation sites excluding steroid dienone is 6. The molecule has 12 nitrogen and oxygen atoms in total. The van der Waals surface area contributed by atoms with Crippen molar-refractivity contribution in [2.24, 2.45) is 0 Å². The van der Waals surface area contributed by atoms with Crippen LogP contribution in [0.1, 0.15) is 64.5 Å². The third kappa shape index (κ3) is 11.6. The van der Waals surface area contributed by atoms with Crippen molar-refractivity contribution in [2.45, 2.75) is 64.2 Å². The van der Waals surface area contributed by atoms with Crippen LogP contribution < -0.4 is 4.90 Å². The van der Waals surface area contributed by atoms with Crippen molar-refractivity contribution in [2.75, 3.05) is 85.7 Å². The molecule has 0 aromatic heterocycles. The Labute approximate surface area is 365 Å². The van der Waals surface area contributed by atoms with Gasteiger partial charge >= 0.3 is 5.97 Å². The molecule has 0 bridgehead atoms. The van der Waals surface area contributed by atoms with Crippen LogP contribution in [-0.4, -0.2) is 102 Å². The summed E-state index contributed by atoms with van der Waals surface area (Å²) in [7, 11) is 1.54. The van der Waals surface area contributed by atoms with E-state index in [-0.39, 0.29) is 58.0 Å². The van der Waals surface area contributed by atoms with E-state index in [4.69, 9.17) is 37.9 Å². The number of unbranched alkanes of at least 4 members (excludes halogenated alkanes) is 2. The molecule has 2 aliphatic heterocycles. The maximum atomic E-state index is 11.2. The number of fused-ring (bicyclic) bond motifs is 6. The Bertz CT molecular complexity index is 2230. The number of methoxy groups -OCH3 is 1. The standard InChI is InChI=1S/C50H62N2O10/c1-49(2)44(51(27-15-7-10-22-46(53)54)42-25-23-38-16-11-13-18-40(38)47(42)49)20-8-6-9-21-45-50(3,4)48-41-19-14-12-17-39(41)24-26-43(48)52(45)28-29-56-30-31-57-33-59-35-61-37-62-36-60-34-58-32-55-5/h6,8-9,11-14,16-21,23-26H,7,10,15,22,27-37H2,1-5H3/p+1. The first-order chi connectivity index (χ1) is 30.2. The summed E-state index contributed by atoms with van der Waals surface area (Å²) in [5.41, 5.74) is 7.02. The molecule has 0 atom stereocenters. The molecule has 2 aliphatic rings. The summed E-state index contributed by atoms with van der Waals surface area (Å²) in [6, 6.07) is 26.1. The van der Waals surface area contributed by atoms with Gasteiger partial charge in [0.2, 0.25) is 5.69 Å². The van der Waals surface area contributed by atoms with Crippen LogP contribution in [0, 0.1) is 0 Å². The Morgan fingerprint density at radius 1 is 0.645 bits per heavy atom. The predicted molar refractivity (Wildman–Crippen MR) is 242 cm³/mol. The van der Waals surface area contributed by atoms with E-state index in [2.05, 4.69) is 140 Å². The van der Waals surface area contributed by atoms with Crippen LogP contribution in [0.3, 0.4) is 0 Å². The monoisotopic (exact) mass is 851 g/mol. The number of hydrogen-bond donors (Lipinski definition) is 1. The zero-order chi connectivity index (χ0) is 43.8. The van der Waals surface area contributed by atoms with Crippen molar-refractivity contribution in [3.63, 3.8) is 0 Å². The van der Waals surface area contributed by atoms with E-state index < -0.39 is 5.97 Å². The number of carboxylic acid groups (broad SMARTS) is 1. The number of benzene rings is 4. The molecule has 0 fully saturated rings. The van der Waals surface area contributed by atoms with Crippen molar-refractivity contribution in [3.8, 4) is 0 Å².